The van der Waals surface area contributed by atoms with Gasteiger partial charge in [-0.05, 0) is 24.3 Å². The van der Waals surface area contributed by atoms with Gasteiger partial charge in [0.15, 0.2) is 0 Å². The summed E-state index contributed by atoms with van der Waals surface area (Å²) in [5.41, 5.74) is 0.409. The summed E-state index contributed by atoms with van der Waals surface area (Å²) in [7, 11) is 0. The molecule has 0 spiro atoms. The minimum Gasteiger partial charge on any atom is -0.321 e. The Morgan fingerprint density at radius 1 is 1.31 bits per heavy atom. The summed E-state index contributed by atoms with van der Waals surface area (Å²) >= 11 is 13.4. The molecular formula is C10H7ClN2OS2. The molecule has 0 atom stereocenters. The van der Waals surface area contributed by atoms with Crippen molar-refractivity contribution in [3.63, 3.8) is 0 Å². The van der Waals surface area contributed by atoms with E-state index in [0.29, 0.717) is 10.7 Å². The maximum atomic E-state index is 11.5. The van der Waals surface area contributed by atoms with Crippen LogP contribution in [0.25, 0.3) is 0 Å². The van der Waals surface area contributed by atoms with Crippen LogP contribution in [0, 0.1) is 11.3 Å². The van der Waals surface area contributed by atoms with Gasteiger partial charge in [-0.3, -0.25) is 4.79 Å². The number of nitrogens with zero attached hydrogens (tertiary/aromatic N) is 1. The predicted octanol–water partition coefficient (Wildman–Crippen LogP) is 2.87. The third kappa shape index (κ3) is 3.49. The van der Waals surface area contributed by atoms with Crippen molar-refractivity contribution in [2.75, 3.05) is 5.32 Å². The summed E-state index contributed by atoms with van der Waals surface area (Å²) in [6.07, 6.45) is 0. The van der Waals surface area contributed by atoms with Crippen LogP contribution < -0.4 is 5.32 Å². The SMILES string of the molecule is N#CC(C(=O)Nc1ccc(Cl)cc1)=C(S)S. The summed E-state index contributed by atoms with van der Waals surface area (Å²) < 4.78 is 0.0777. The molecule has 0 aromatic heterocycles. The Morgan fingerprint density at radius 3 is 2.31 bits per heavy atom. The van der Waals surface area contributed by atoms with Crippen LogP contribution in [0.2, 0.25) is 5.02 Å². The topological polar surface area (TPSA) is 52.9 Å². The maximum Gasteiger partial charge on any atom is 0.267 e. The molecule has 3 nitrogen and oxygen atoms in total. The highest BCUT2D eigenvalue weighted by molar-refractivity contribution is 8.05. The lowest BCUT2D eigenvalue weighted by Crippen LogP contribution is -2.13. The van der Waals surface area contributed by atoms with Gasteiger partial charge in [-0.1, -0.05) is 11.6 Å². The molecule has 0 saturated heterocycles. The molecule has 1 aromatic rings. The van der Waals surface area contributed by atoms with Gasteiger partial charge in [0, 0.05) is 10.7 Å². The van der Waals surface area contributed by atoms with Crippen LogP contribution in [0.4, 0.5) is 5.69 Å². The van der Waals surface area contributed by atoms with Crippen molar-refractivity contribution >= 4 is 48.5 Å². The van der Waals surface area contributed by atoms with Gasteiger partial charge in [-0.2, -0.15) is 5.26 Å². The number of nitriles is 1. The Balaban J connectivity index is 2.84. The van der Waals surface area contributed by atoms with Crippen molar-refractivity contribution in [3.8, 4) is 6.07 Å². The lowest BCUT2D eigenvalue weighted by atomic mass is 10.2. The Morgan fingerprint density at radius 2 is 1.88 bits per heavy atom. The first-order valence-electron chi connectivity index (χ1n) is 4.14. The van der Waals surface area contributed by atoms with Gasteiger partial charge in [0.2, 0.25) is 0 Å². The summed E-state index contributed by atoms with van der Waals surface area (Å²) in [5, 5.41) is 11.8. The third-order valence-corrected chi connectivity index (χ3v) is 2.36. The van der Waals surface area contributed by atoms with E-state index in [9.17, 15) is 4.79 Å². The molecule has 82 valence electrons. The third-order valence-electron chi connectivity index (χ3n) is 1.66. The minimum absolute atomic E-state index is 0.0777. The first-order valence-corrected chi connectivity index (χ1v) is 5.41. The van der Waals surface area contributed by atoms with Gasteiger partial charge < -0.3 is 5.32 Å². The molecular weight excluding hydrogens is 264 g/mol. The van der Waals surface area contributed by atoms with E-state index in [2.05, 4.69) is 30.6 Å². The average Bonchev–Trinajstić information content (AvgIpc) is 2.22. The molecule has 0 unspecified atom stereocenters. The monoisotopic (exact) mass is 270 g/mol. The normalized spacial score (nSPS) is 9.12. The highest BCUT2D eigenvalue weighted by atomic mass is 35.5. The van der Waals surface area contributed by atoms with Gasteiger partial charge in [-0.25, -0.2) is 0 Å². The molecule has 0 aliphatic heterocycles. The number of benzene rings is 1. The van der Waals surface area contributed by atoms with Crippen LogP contribution in [-0.4, -0.2) is 5.91 Å². The number of amides is 1. The Kier molecular flexibility index (Phi) is 4.74. The highest BCUT2D eigenvalue weighted by Gasteiger charge is 2.11. The molecule has 1 aromatic carbocycles. The maximum absolute atomic E-state index is 11.5. The molecule has 1 N–H and O–H groups in total. The first-order chi connectivity index (χ1) is 7.54. The number of thiol groups is 2. The molecule has 6 heteroatoms. The minimum atomic E-state index is -0.551. The predicted molar refractivity (Wildman–Crippen MR) is 70.7 cm³/mol. The number of anilines is 1. The Hall–Kier alpha value is -1.09. The standard InChI is InChI=1S/C10H7ClN2OS2/c11-6-1-3-7(4-2-6)13-9(14)8(5-12)10(15)16/h1-4,15-16H,(H,13,14). The summed E-state index contributed by atoms with van der Waals surface area (Å²) in [4.78, 5) is 11.5. The van der Waals surface area contributed by atoms with E-state index < -0.39 is 5.91 Å². The fourth-order valence-electron chi connectivity index (χ4n) is 0.929. The second-order valence-electron chi connectivity index (χ2n) is 2.77. The van der Waals surface area contributed by atoms with Crippen molar-refractivity contribution in [1.82, 2.24) is 0 Å². The van der Waals surface area contributed by atoms with Crippen molar-refractivity contribution in [2.45, 2.75) is 0 Å². The second-order valence-corrected chi connectivity index (χ2v) is 4.46. The lowest BCUT2D eigenvalue weighted by molar-refractivity contribution is -0.112. The van der Waals surface area contributed by atoms with Crippen LogP contribution in [0.1, 0.15) is 0 Å². The van der Waals surface area contributed by atoms with E-state index >= 15 is 0 Å². The van der Waals surface area contributed by atoms with Gasteiger partial charge in [0.05, 0.1) is 4.24 Å². The number of carbonyl (C=O) groups is 1. The quantitative estimate of drug-likeness (QED) is 0.440. The van der Waals surface area contributed by atoms with Gasteiger partial charge in [0.1, 0.15) is 11.6 Å². The molecule has 1 amide bonds. The van der Waals surface area contributed by atoms with Crippen molar-refractivity contribution < 1.29 is 4.79 Å². The zero-order chi connectivity index (χ0) is 12.1. The van der Waals surface area contributed by atoms with Crippen LogP contribution in [0.5, 0.6) is 0 Å². The van der Waals surface area contributed by atoms with Crippen LogP contribution in [0.3, 0.4) is 0 Å². The number of nitrogens with one attached hydrogen (secondary N) is 1. The van der Waals surface area contributed by atoms with Crippen LogP contribution >= 0.6 is 36.9 Å². The van der Waals surface area contributed by atoms with Crippen molar-refractivity contribution in [3.05, 3.63) is 39.1 Å². The summed E-state index contributed by atoms with van der Waals surface area (Å²) in [6.45, 7) is 0. The number of carbonyl (C=O) groups excluding carboxylic acids is 1. The second kappa shape index (κ2) is 5.85. The summed E-state index contributed by atoms with van der Waals surface area (Å²) in [5.74, 6) is -0.551. The van der Waals surface area contributed by atoms with E-state index in [0.717, 1.165) is 0 Å². The lowest BCUT2D eigenvalue weighted by Gasteiger charge is -2.04. The molecule has 0 radical (unpaired) electrons. The molecule has 0 aliphatic rings. The molecule has 0 aliphatic carbocycles. The summed E-state index contributed by atoms with van der Waals surface area (Å²) in [6, 6.07) is 8.25. The Labute approximate surface area is 109 Å². The number of halogens is 1. The fraction of sp³-hybridized carbons (Fsp3) is 0. The van der Waals surface area contributed by atoms with Gasteiger partial charge in [0.25, 0.3) is 5.91 Å². The van der Waals surface area contributed by atoms with E-state index in [-0.39, 0.29) is 9.81 Å². The molecule has 0 bridgehead atoms. The number of hydrogen-bond donors (Lipinski definition) is 3. The zero-order valence-electron chi connectivity index (χ0n) is 7.94. The van der Waals surface area contributed by atoms with E-state index in [1.165, 1.54) is 0 Å². The zero-order valence-corrected chi connectivity index (χ0v) is 10.5. The van der Waals surface area contributed by atoms with Gasteiger partial charge >= 0.3 is 0 Å². The van der Waals surface area contributed by atoms with Crippen molar-refractivity contribution in [1.29, 1.82) is 5.26 Å². The van der Waals surface area contributed by atoms with E-state index in [1.807, 2.05) is 0 Å². The van der Waals surface area contributed by atoms with Crippen molar-refractivity contribution in [2.24, 2.45) is 0 Å². The average molecular weight is 271 g/mol. The largest absolute Gasteiger partial charge is 0.321 e. The smallest absolute Gasteiger partial charge is 0.267 e. The van der Waals surface area contributed by atoms with Crippen LogP contribution in [0.15, 0.2) is 34.1 Å². The van der Waals surface area contributed by atoms with Crippen LogP contribution in [-0.2, 0) is 4.79 Å². The highest BCUT2D eigenvalue weighted by Crippen LogP contribution is 2.17. The number of hydrogen-bond acceptors (Lipinski definition) is 4. The Bertz CT molecular complexity index is 473. The van der Waals surface area contributed by atoms with E-state index in [4.69, 9.17) is 16.9 Å². The molecule has 0 heterocycles. The van der Waals surface area contributed by atoms with Gasteiger partial charge in [-0.15, -0.1) is 25.3 Å². The molecule has 0 fully saturated rings. The molecule has 1 rings (SSSR count). The van der Waals surface area contributed by atoms with E-state index in [1.54, 1.807) is 30.3 Å². The first kappa shape index (κ1) is 13.0. The molecule has 0 saturated carbocycles. The molecule has 16 heavy (non-hydrogen) atoms. The fourth-order valence-corrected chi connectivity index (χ4v) is 1.36. The number of rotatable bonds is 2.